The number of rotatable bonds is 6. The van der Waals surface area contributed by atoms with Crippen molar-refractivity contribution in [2.45, 2.75) is 32.2 Å². The number of likely N-dealkylation sites (tertiary alicyclic amines) is 1. The van der Waals surface area contributed by atoms with Crippen molar-refractivity contribution < 1.29 is 22.4 Å². The first kappa shape index (κ1) is 22.7. The number of hydrogen-bond donors (Lipinski definition) is 1. The first-order valence-electron chi connectivity index (χ1n) is 10.1. The van der Waals surface area contributed by atoms with E-state index < -0.39 is 27.8 Å². The van der Waals surface area contributed by atoms with Gasteiger partial charge in [-0.05, 0) is 62.6 Å². The number of carbonyl (C=O) groups is 2. The maximum Gasteiger partial charge on any atom is 0.255 e. The number of hydrogen-bond acceptors (Lipinski definition) is 4. The van der Waals surface area contributed by atoms with Crippen LogP contribution in [0.2, 0.25) is 0 Å². The van der Waals surface area contributed by atoms with Gasteiger partial charge in [-0.15, -0.1) is 0 Å². The predicted octanol–water partition coefficient (Wildman–Crippen LogP) is 3.25. The van der Waals surface area contributed by atoms with E-state index in [4.69, 9.17) is 0 Å². The Kier molecular flexibility index (Phi) is 6.94. The van der Waals surface area contributed by atoms with Crippen molar-refractivity contribution in [1.82, 2.24) is 4.90 Å². The van der Waals surface area contributed by atoms with Gasteiger partial charge in [-0.25, -0.2) is 12.8 Å². The van der Waals surface area contributed by atoms with E-state index in [9.17, 15) is 22.4 Å². The van der Waals surface area contributed by atoms with Gasteiger partial charge in [0, 0.05) is 13.1 Å². The minimum atomic E-state index is -3.84. The van der Waals surface area contributed by atoms with Gasteiger partial charge in [0.25, 0.3) is 5.91 Å². The van der Waals surface area contributed by atoms with E-state index >= 15 is 0 Å². The number of amides is 2. The molecule has 1 atom stereocenters. The zero-order chi connectivity index (χ0) is 22.6. The third-order valence-electron chi connectivity index (χ3n) is 5.23. The van der Waals surface area contributed by atoms with E-state index in [1.165, 1.54) is 19.1 Å². The summed E-state index contributed by atoms with van der Waals surface area (Å²) in [6.45, 7) is 2.78. The molecule has 0 saturated carbocycles. The average Bonchev–Trinajstić information content (AvgIpc) is 2.75. The molecule has 7 nitrogen and oxygen atoms in total. The first-order valence-corrected chi connectivity index (χ1v) is 12.0. The summed E-state index contributed by atoms with van der Waals surface area (Å²) in [7, 11) is -3.84. The van der Waals surface area contributed by atoms with Crippen molar-refractivity contribution >= 4 is 33.2 Å². The Morgan fingerprint density at radius 3 is 2.26 bits per heavy atom. The molecule has 2 amide bonds. The lowest BCUT2D eigenvalue weighted by atomic mass is 10.1. The molecule has 1 aliphatic rings. The molecule has 2 aromatic rings. The standard InChI is InChI=1S/C22H26FN3O4S/c1-16(26(31(2,29)30)18-12-10-17(23)11-13-18)21(27)24-20-9-5-4-8-19(20)22(28)25-14-6-3-7-15-25/h4-5,8-13,16H,3,6-7,14-15H2,1-2H3,(H,24,27). The van der Waals surface area contributed by atoms with Gasteiger partial charge in [0.1, 0.15) is 11.9 Å². The number of para-hydroxylation sites is 1. The van der Waals surface area contributed by atoms with E-state index in [1.54, 1.807) is 29.2 Å². The van der Waals surface area contributed by atoms with Crippen LogP contribution in [0, 0.1) is 5.82 Å². The fourth-order valence-corrected chi connectivity index (χ4v) is 4.85. The zero-order valence-electron chi connectivity index (χ0n) is 17.5. The van der Waals surface area contributed by atoms with Crippen molar-refractivity contribution in [3.05, 3.63) is 59.9 Å². The van der Waals surface area contributed by atoms with Crippen molar-refractivity contribution in [3.8, 4) is 0 Å². The minimum Gasteiger partial charge on any atom is -0.339 e. The molecular weight excluding hydrogens is 421 g/mol. The fraction of sp³-hybridized carbons (Fsp3) is 0.364. The van der Waals surface area contributed by atoms with Crippen LogP contribution in [0.3, 0.4) is 0 Å². The lowest BCUT2D eigenvalue weighted by Crippen LogP contribution is -2.45. The van der Waals surface area contributed by atoms with Crippen LogP contribution in [-0.4, -0.2) is 50.5 Å². The topological polar surface area (TPSA) is 86.8 Å². The minimum absolute atomic E-state index is 0.165. The Hall–Kier alpha value is -2.94. The third-order valence-corrected chi connectivity index (χ3v) is 6.47. The summed E-state index contributed by atoms with van der Waals surface area (Å²) >= 11 is 0. The second kappa shape index (κ2) is 9.47. The largest absolute Gasteiger partial charge is 0.339 e. The molecule has 9 heteroatoms. The van der Waals surface area contributed by atoms with Gasteiger partial charge >= 0.3 is 0 Å². The number of nitrogens with zero attached hydrogens (tertiary/aromatic N) is 2. The SMILES string of the molecule is CC(C(=O)Nc1ccccc1C(=O)N1CCCCC1)N(c1ccc(F)cc1)S(C)(=O)=O. The van der Waals surface area contributed by atoms with Gasteiger partial charge < -0.3 is 10.2 Å². The van der Waals surface area contributed by atoms with Crippen LogP contribution in [0.1, 0.15) is 36.5 Å². The van der Waals surface area contributed by atoms with Crippen LogP contribution in [0.15, 0.2) is 48.5 Å². The molecule has 1 aliphatic heterocycles. The summed E-state index contributed by atoms with van der Waals surface area (Å²) in [4.78, 5) is 27.7. The van der Waals surface area contributed by atoms with Crippen molar-refractivity contribution in [1.29, 1.82) is 0 Å². The molecule has 1 saturated heterocycles. The summed E-state index contributed by atoms with van der Waals surface area (Å²) in [5.41, 5.74) is 0.851. The number of sulfonamides is 1. The van der Waals surface area contributed by atoms with E-state index in [0.717, 1.165) is 42.0 Å². The first-order chi connectivity index (χ1) is 14.7. The summed E-state index contributed by atoms with van der Waals surface area (Å²) in [5.74, 6) is -1.28. The van der Waals surface area contributed by atoms with Crippen LogP contribution in [0.5, 0.6) is 0 Å². The summed E-state index contributed by atoms with van der Waals surface area (Å²) in [6.07, 6.45) is 3.95. The molecule has 1 heterocycles. The molecule has 0 bridgehead atoms. The predicted molar refractivity (Wildman–Crippen MR) is 118 cm³/mol. The second-order valence-corrected chi connectivity index (χ2v) is 9.46. The lowest BCUT2D eigenvalue weighted by Gasteiger charge is -2.29. The number of anilines is 2. The van der Waals surface area contributed by atoms with Gasteiger partial charge in [0.05, 0.1) is 23.2 Å². The second-order valence-electron chi connectivity index (χ2n) is 7.60. The van der Waals surface area contributed by atoms with Crippen LogP contribution in [0.4, 0.5) is 15.8 Å². The summed E-state index contributed by atoms with van der Waals surface area (Å²) in [5, 5.41) is 2.70. The molecule has 0 radical (unpaired) electrons. The fourth-order valence-electron chi connectivity index (χ4n) is 3.68. The van der Waals surface area contributed by atoms with E-state index in [2.05, 4.69) is 5.32 Å². The Labute approximate surface area is 181 Å². The maximum absolute atomic E-state index is 13.3. The molecule has 1 fully saturated rings. The highest BCUT2D eigenvalue weighted by Gasteiger charge is 2.30. The Balaban J connectivity index is 1.84. The van der Waals surface area contributed by atoms with E-state index in [-0.39, 0.29) is 11.6 Å². The van der Waals surface area contributed by atoms with E-state index in [0.29, 0.717) is 24.3 Å². The van der Waals surface area contributed by atoms with Crippen LogP contribution < -0.4 is 9.62 Å². The number of nitrogens with one attached hydrogen (secondary N) is 1. The molecule has 166 valence electrons. The van der Waals surface area contributed by atoms with Gasteiger partial charge in [-0.3, -0.25) is 13.9 Å². The van der Waals surface area contributed by atoms with Crippen LogP contribution >= 0.6 is 0 Å². The van der Waals surface area contributed by atoms with Crippen molar-refractivity contribution in [2.75, 3.05) is 29.0 Å². The maximum atomic E-state index is 13.3. The van der Waals surface area contributed by atoms with Crippen molar-refractivity contribution in [3.63, 3.8) is 0 Å². The molecule has 1 N–H and O–H groups in total. The van der Waals surface area contributed by atoms with Gasteiger partial charge in [0.15, 0.2) is 0 Å². The number of carbonyl (C=O) groups excluding carboxylic acids is 2. The Morgan fingerprint density at radius 2 is 1.65 bits per heavy atom. The average molecular weight is 448 g/mol. The molecule has 3 rings (SSSR count). The van der Waals surface area contributed by atoms with Gasteiger partial charge in [-0.1, -0.05) is 12.1 Å². The molecular formula is C22H26FN3O4S. The monoisotopic (exact) mass is 447 g/mol. The van der Waals surface area contributed by atoms with Gasteiger partial charge in [0.2, 0.25) is 15.9 Å². The Bertz CT molecular complexity index is 1050. The Morgan fingerprint density at radius 1 is 1.03 bits per heavy atom. The molecule has 1 unspecified atom stereocenters. The summed E-state index contributed by atoms with van der Waals surface area (Å²) < 4.78 is 39.0. The number of piperidine rings is 1. The highest BCUT2D eigenvalue weighted by Crippen LogP contribution is 2.24. The highest BCUT2D eigenvalue weighted by molar-refractivity contribution is 7.92. The number of benzene rings is 2. The van der Waals surface area contributed by atoms with Crippen molar-refractivity contribution in [2.24, 2.45) is 0 Å². The third kappa shape index (κ3) is 5.41. The molecule has 0 aliphatic carbocycles. The molecule has 0 spiro atoms. The quantitative estimate of drug-likeness (QED) is 0.737. The highest BCUT2D eigenvalue weighted by atomic mass is 32.2. The van der Waals surface area contributed by atoms with Gasteiger partial charge in [-0.2, -0.15) is 0 Å². The zero-order valence-corrected chi connectivity index (χ0v) is 18.4. The summed E-state index contributed by atoms with van der Waals surface area (Å²) in [6, 6.07) is 10.4. The molecule has 31 heavy (non-hydrogen) atoms. The van der Waals surface area contributed by atoms with Crippen LogP contribution in [-0.2, 0) is 14.8 Å². The smallest absolute Gasteiger partial charge is 0.255 e. The number of halogens is 1. The lowest BCUT2D eigenvalue weighted by molar-refractivity contribution is -0.116. The van der Waals surface area contributed by atoms with Crippen LogP contribution in [0.25, 0.3) is 0 Å². The molecule has 2 aromatic carbocycles. The van der Waals surface area contributed by atoms with E-state index in [1.807, 2.05) is 0 Å². The molecule has 0 aromatic heterocycles. The normalized spacial score (nSPS) is 15.3.